The van der Waals surface area contributed by atoms with E-state index in [1.807, 2.05) is 0 Å². The predicted octanol–water partition coefficient (Wildman–Crippen LogP) is 3.73. The number of thiazole rings is 1. The van der Waals surface area contributed by atoms with Crippen LogP contribution in [-0.2, 0) is 20.8 Å². The van der Waals surface area contributed by atoms with Crippen LogP contribution in [0.15, 0.2) is 21.0 Å². The van der Waals surface area contributed by atoms with Gasteiger partial charge < -0.3 is 9.73 Å². The zero-order valence-corrected chi connectivity index (χ0v) is 17.2. The van der Waals surface area contributed by atoms with Gasteiger partial charge in [0.15, 0.2) is 5.13 Å². The fourth-order valence-corrected chi connectivity index (χ4v) is 3.77. The van der Waals surface area contributed by atoms with Gasteiger partial charge in [-0.15, -0.1) is 11.8 Å². The Hall–Kier alpha value is -1.91. The molecule has 0 atom stereocenters. The van der Waals surface area contributed by atoms with Crippen molar-refractivity contribution in [2.75, 3.05) is 5.32 Å². The summed E-state index contributed by atoms with van der Waals surface area (Å²) in [6.45, 7) is 6.36. The minimum atomic E-state index is -0.507. The van der Waals surface area contributed by atoms with Gasteiger partial charge in [0, 0.05) is 18.3 Å². The highest BCUT2D eigenvalue weighted by Crippen LogP contribution is 2.32. The molecule has 0 aliphatic heterocycles. The van der Waals surface area contributed by atoms with Crippen LogP contribution in [0.25, 0.3) is 0 Å². The van der Waals surface area contributed by atoms with E-state index in [1.165, 1.54) is 16.8 Å². The molecule has 2 rings (SSSR count). The Labute approximate surface area is 166 Å². The van der Waals surface area contributed by atoms with Crippen LogP contribution < -0.4 is 10.8 Å². The second-order valence-corrected chi connectivity index (χ2v) is 8.87. The van der Waals surface area contributed by atoms with Crippen molar-refractivity contribution in [2.45, 2.75) is 61.8 Å². The Bertz CT molecular complexity index is 773. The minimum absolute atomic E-state index is 0.0320. The van der Waals surface area contributed by atoms with E-state index in [1.54, 1.807) is 24.2 Å². The molecule has 3 N–H and O–H groups in total. The standard InChI is InChI=1S/C17H24N4O4S2/c1-4-17(2,3)11-8-18-14(25-11)10-26-15-9-19-16(27-15)20-12(22)6-5-7-13(23)21-24/h8-9,24H,4-7,10H2,1-3H3,(H,21,23)(H,19,20,22). The summed E-state index contributed by atoms with van der Waals surface area (Å²) in [7, 11) is 0. The number of hydroxylamine groups is 1. The van der Waals surface area contributed by atoms with E-state index in [0.717, 1.165) is 16.4 Å². The van der Waals surface area contributed by atoms with Gasteiger partial charge in [0.2, 0.25) is 17.7 Å². The quantitative estimate of drug-likeness (QED) is 0.309. The summed E-state index contributed by atoms with van der Waals surface area (Å²) in [6.07, 6.45) is 5.08. The highest BCUT2D eigenvalue weighted by Gasteiger charge is 2.23. The molecule has 148 valence electrons. The molecule has 0 aliphatic rings. The number of carbonyl (C=O) groups is 2. The maximum atomic E-state index is 11.8. The zero-order valence-electron chi connectivity index (χ0n) is 15.6. The third-order valence-corrected chi connectivity index (χ3v) is 6.20. The summed E-state index contributed by atoms with van der Waals surface area (Å²) in [6, 6.07) is 0. The van der Waals surface area contributed by atoms with Gasteiger partial charge in [-0.2, -0.15) is 0 Å². The number of amides is 2. The molecule has 0 unspecified atom stereocenters. The first kappa shape index (κ1) is 21.4. The highest BCUT2D eigenvalue weighted by atomic mass is 32.2. The van der Waals surface area contributed by atoms with E-state index in [-0.39, 0.29) is 24.2 Å². The maximum absolute atomic E-state index is 11.8. The van der Waals surface area contributed by atoms with E-state index in [9.17, 15) is 9.59 Å². The lowest BCUT2D eigenvalue weighted by Gasteiger charge is -2.18. The van der Waals surface area contributed by atoms with Gasteiger partial charge in [-0.3, -0.25) is 14.8 Å². The Morgan fingerprint density at radius 2 is 2.00 bits per heavy atom. The van der Waals surface area contributed by atoms with Crippen LogP contribution in [0.1, 0.15) is 58.1 Å². The number of oxazole rings is 1. The molecule has 0 aliphatic carbocycles. The molecule has 10 heteroatoms. The number of carbonyl (C=O) groups excluding carboxylic acids is 2. The number of aromatic nitrogens is 2. The molecular weight excluding hydrogens is 388 g/mol. The highest BCUT2D eigenvalue weighted by molar-refractivity contribution is 8.00. The van der Waals surface area contributed by atoms with Crippen molar-refractivity contribution < 1.29 is 19.2 Å². The minimum Gasteiger partial charge on any atom is -0.444 e. The van der Waals surface area contributed by atoms with E-state index < -0.39 is 5.91 Å². The molecular formula is C17H24N4O4S2. The fourth-order valence-electron chi connectivity index (χ4n) is 2.03. The van der Waals surface area contributed by atoms with Gasteiger partial charge in [-0.05, 0) is 12.8 Å². The smallest absolute Gasteiger partial charge is 0.243 e. The van der Waals surface area contributed by atoms with Gasteiger partial charge in [0.1, 0.15) is 5.76 Å². The number of anilines is 1. The number of hydrogen-bond donors (Lipinski definition) is 3. The predicted molar refractivity (Wildman–Crippen MR) is 104 cm³/mol. The van der Waals surface area contributed by atoms with E-state index in [0.29, 0.717) is 23.2 Å². The van der Waals surface area contributed by atoms with Gasteiger partial charge in [-0.1, -0.05) is 32.1 Å². The topological polar surface area (TPSA) is 117 Å². The first-order valence-electron chi connectivity index (χ1n) is 8.60. The van der Waals surface area contributed by atoms with Crippen molar-refractivity contribution in [1.82, 2.24) is 15.4 Å². The molecule has 2 heterocycles. The fraction of sp³-hybridized carbons (Fsp3) is 0.529. The molecule has 8 nitrogen and oxygen atoms in total. The zero-order chi connectivity index (χ0) is 19.9. The number of thioether (sulfide) groups is 1. The van der Waals surface area contributed by atoms with Gasteiger partial charge in [0.05, 0.1) is 22.4 Å². The number of hydrogen-bond acceptors (Lipinski definition) is 8. The average molecular weight is 413 g/mol. The number of rotatable bonds is 10. The number of nitrogens with zero attached hydrogens (tertiary/aromatic N) is 2. The third kappa shape index (κ3) is 6.64. The lowest BCUT2D eigenvalue weighted by atomic mass is 9.88. The molecule has 0 spiro atoms. The normalized spacial score (nSPS) is 11.4. The SMILES string of the molecule is CCC(C)(C)c1cnc(CSc2cnc(NC(=O)CCCC(=O)NO)s2)o1. The second kappa shape index (κ2) is 9.86. The molecule has 2 amide bonds. The molecule has 27 heavy (non-hydrogen) atoms. The Balaban J connectivity index is 1.79. The van der Waals surface area contributed by atoms with E-state index in [4.69, 9.17) is 9.62 Å². The monoisotopic (exact) mass is 412 g/mol. The summed E-state index contributed by atoms with van der Waals surface area (Å²) in [5.41, 5.74) is 1.50. The van der Waals surface area contributed by atoms with Crippen LogP contribution in [-0.4, -0.2) is 27.0 Å². The summed E-state index contributed by atoms with van der Waals surface area (Å²) in [5, 5.41) is 11.6. The Kier molecular flexibility index (Phi) is 7.81. The van der Waals surface area contributed by atoms with Crippen LogP contribution in [0.5, 0.6) is 0 Å². The molecule has 0 bridgehead atoms. The van der Waals surface area contributed by atoms with Crippen molar-refractivity contribution in [1.29, 1.82) is 0 Å². The van der Waals surface area contributed by atoms with Gasteiger partial charge in [-0.25, -0.2) is 15.4 Å². The first-order chi connectivity index (χ1) is 12.8. The Morgan fingerprint density at radius 1 is 1.26 bits per heavy atom. The van der Waals surface area contributed by atoms with Crippen molar-refractivity contribution in [3.63, 3.8) is 0 Å². The summed E-state index contributed by atoms with van der Waals surface area (Å²) < 4.78 is 6.78. The largest absolute Gasteiger partial charge is 0.444 e. The molecule has 2 aromatic rings. The van der Waals surface area contributed by atoms with E-state index >= 15 is 0 Å². The van der Waals surface area contributed by atoms with Crippen molar-refractivity contribution in [2.24, 2.45) is 0 Å². The lowest BCUT2D eigenvalue weighted by molar-refractivity contribution is -0.129. The van der Waals surface area contributed by atoms with Gasteiger partial charge in [0.25, 0.3) is 0 Å². The Morgan fingerprint density at radius 3 is 2.70 bits per heavy atom. The second-order valence-electron chi connectivity index (χ2n) is 6.57. The molecule has 0 radical (unpaired) electrons. The molecule has 0 saturated carbocycles. The van der Waals surface area contributed by atoms with Crippen molar-refractivity contribution in [3.05, 3.63) is 24.0 Å². The van der Waals surface area contributed by atoms with Crippen molar-refractivity contribution in [3.8, 4) is 0 Å². The molecule has 0 fully saturated rings. The lowest BCUT2D eigenvalue weighted by Crippen LogP contribution is -2.19. The van der Waals surface area contributed by atoms with E-state index in [2.05, 4.69) is 36.1 Å². The van der Waals surface area contributed by atoms with Crippen molar-refractivity contribution >= 4 is 40.0 Å². The molecule has 0 saturated heterocycles. The summed E-state index contributed by atoms with van der Waals surface area (Å²) in [4.78, 5) is 31.2. The summed E-state index contributed by atoms with van der Waals surface area (Å²) >= 11 is 2.92. The number of nitrogens with one attached hydrogen (secondary N) is 2. The van der Waals surface area contributed by atoms with Gasteiger partial charge >= 0.3 is 0 Å². The van der Waals surface area contributed by atoms with Crippen LogP contribution in [0, 0.1) is 0 Å². The van der Waals surface area contributed by atoms with Crippen LogP contribution in [0.3, 0.4) is 0 Å². The first-order valence-corrected chi connectivity index (χ1v) is 10.4. The third-order valence-electron chi connectivity index (χ3n) is 4.11. The van der Waals surface area contributed by atoms with Crippen LogP contribution in [0.2, 0.25) is 0 Å². The molecule has 0 aromatic carbocycles. The maximum Gasteiger partial charge on any atom is 0.243 e. The van der Waals surface area contributed by atoms with Crippen LogP contribution in [0.4, 0.5) is 5.13 Å². The molecule has 2 aromatic heterocycles. The summed E-state index contributed by atoms with van der Waals surface area (Å²) in [5.74, 6) is 1.41. The van der Waals surface area contributed by atoms with Crippen LogP contribution >= 0.6 is 23.1 Å². The average Bonchev–Trinajstić information content (AvgIpc) is 3.29.